The summed E-state index contributed by atoms with van der Waals surface area (Å²) in [5.74, 6) is 0.667. The lowest BCUT2D eigenvalue weighted by Gasteiger charge is -2.22. The number of halogens is 1. The van der Waals surface area contributed by atoms with Crippen LogP contribution in [-0.4, -0.2) is 40.2 Å². The molecule has 0 aliphatic heterocycles. The first kappa shape index (κ1) is 22.5. The number of nitrogens with two attached hydrogens (primary N) is 2. The minimum Gasteiger partial charge on any atom is -0.368 e. The summed E-state index contributed by atoms with van der Waals surface area (Å²) in [6.45, 7) is 3.96. The first-order chi connectivity index (χ1) is 13.0. The number of nitrogens with zero attached hydrogens (tertiary/aromatic N) is 3. The molecule has 1 aromatic carbocycles. The second kappa shape index (κ2) is 9.14. The third-order valence-electron chi connectivity index (χ3n) is 3.98. The van der Waals surface area contributed by atoms with Crippen LogP contribution in [-0.2, 0) is 12.1 Å². The van der Waals surface area contributed by atoms with Gasteiger partial charge in [-0.2, -0.15) is 4.98 Å². The molecule has 0 aliphatic carbocycles. The second-order valence-electron chi connectivity index (χ2n) is 7.16. The lowest BCUT2D eigenvalue weighted by Crippen LogP contribution is -2.44. The van der Waals surface area contributed by atoms with E-state index >= 15 is 0 Å². The van der Waals surface area contributed by atoms with Crippen LogP contribution in [0.5, 0.6) is 0 Å². The molecular weight excluding hydrogens is 491 g/mol. The number of carbonyl (C=O) groups excluding carboxylic acids is 1. The van der Waals surface area contributed by atoms with Crippen molar-refractivity contribution in [1.29, 1.82) is 0 Å². The fourth-order valence-corrected chi connectivity index (χ4v) is 5.35. The third kappa shape index (κ3) is 5.85. The van der Waals surface area contributed by atoms with Gasteiger partial charge in [0.2, 0.25) is 11.9 Å². The molecule has 0 saturated heterocycles. The zero-order chi connectivity index (χ0) is 21.1. The number of nitrogen functional groups attached to an aromatic ring is 1. The summed E-state index contributed by atoms with van der Waals surface area (Å²) in [5, 5.41) is 0. The number of amides is 1. The van der Waals surface area contributed by atoms with Crippen LogP contribution in [0.4, 0.5) is 11.8 Å². The molecule has 0 bridgehead atoms. The number of carbonyl (C=O) groups is 1. The van der Waals surface area contributed by atoms with Crippen LogP contribution in [0.3, 0.4) is 0 Å². The van der Waals surface area contributed by atoms with Crippen molar-refractivity contribution >= 4 is 46.2 Å². The van der Waals surface area contributed by atoms with Gasteiger partial charge in [-0.3, -0.25) is 13.7 Å². The molecule has 2 rings (SSSR count). The highest BCUT2D eigenvalue weighted by Gasteiger charge is 2.22. The van der Waals surface area contributed by atoms with Gasteiger partial charge in [-0.05, 0) is 24.5 Å². The van der Waals surface area contributed by atoms with Crippen molar-refractivity contribution in [2.75, 3.05) is 24.7 Å². The van der Waals surface area contributed by atoms with E-state index in [-0.39, 0.29) is 11.9 Å². The van der Waals surface area contributed by atoms with E-state index in [0.717, 1.165) is 5.56 Å². The summed E-state index contributed by atoms with van der Waals surface area (Å²) >= 11 is 1.79. The lowest BCUT2D eigenvalue weighted by atomic mass is 10.0. The normalized spacial score (nSPS) is 13.2. The fourth-order valence-electron chi connectivity index (χ4n) is 2.58. The van der Waals surface area contributed by atoms with Crippen LogP contribution in [0.15, 0.2) is 35.2 Å². The molecule has 1 heterocycles. The first-order valence-corrected chi connectivity index (χ1v) is 13.3. The number of aromatic nitrogens is 2. The standard InChI is InChI=1S/C18H27IN6O2S/c1-11(2)8-14(20)17(26)24-28(19,27)13-7-5-6-12(9-13)15-10-16(25(3)4)23-18(21)22-15/h5-7,9-11,14,28H,8,20H2,1-4H3,(H2,21,22,23)(H,24,26,27)/t14-/m0/s1. The third-order valence-corrected chi connectivity index (χ3v) is 7.82. The summed E-state index contributed by atoms with van der Waals surface area (Å²) in [7, 11) is 0.533. The molecule has 1 atom stereocenters. The van der Waals surface area contributed by atoms with Gasteiger partial charge in [0.15, 0.2) is 0 Å². The van der Waals surface area contributed by atoms with Gasteiger partial charge in [-0.25, -0.2) is 4.98 Å². The van der Waals surface area contributed by atoms with Crippen molar-refractivity contribution in [3.05, 3.63) is 30.3 Å². The summed E-state index contributed by atoms with van der Waals surface area (Å²) in [6, 6.07) is 8.16. The Morgan fingerprint density at radius 2 is 1.96 bits per heavy atom. The summed E-state index contributed by atoms with van der Waals surface area (Å²) in [6.07, 6.45) is 0.524. The molecule has 1 amide bonds. The molecule has 5 N–H and O–H groups in total. The summed E-state index contributed by atoms with van der Waals surface area (Å²) in [5.41, 5.74) is 13.1. The largest absolute Gasteiger partial charge is 0.368 e. The number of thiol groups is 1. The van der Waals surface area contributed by atoms with Gasteiger partial charge >= 0.3 is 0 Å². The van der Waals surface area contributed by atoms with Crippen molar-refractivity contribution in [2.45, 2.75) is 31.2 Å². The lowest BCUT2D eigenvalue weighted by molar-refractivity contribution is -0.120. The molecule has 0 fully saturated rings. The van der Waals surface area contributed by atoms with E-state index < -0.39 is 19.2 Å². The van der Waals surface area contributed by atoms with Crippen LogP contribution in [0, 0.1) is 5.92 Å². The molecule has 10 heteroatoms. The molecule has 8 nitrogen and oxygen atoms in total. The molecule has 0 saturated carbocycles. The van der Waals surface area contributed by atoms with E-state index in [1.54, 1.807) is 45.5 Å². The van der Waals surface area contributed by atoms with Crippen LogP contribution in [0.2, 0.25) is 0 Å². The highest BCUT2D eigenvalue weighted by molar-refractivity contribution is 14.2. The van der Waals surface area contributed by atoms with Gasteiger partial charge in [-0.1, -0.05) is 26.0 Å². The number of rotatable bonds is 7. The predicted molar refractivity (Wildman–Crippen MR) is 124 cm³/mol. The maximum absolute atomic E-state index is 13.2. The molecule has 2 aromatic rings. The molecule has 1 aromatic heterocycles. The predicted octanol–water partition coefficient (Wildman–Crippen LogP) is 1.92. The van der Waals surface area contributed by atoms with Crippen LogP contribution in [0.1, 0.15) is 20.3 Å². The molecule has 154 valence electrons. The Balaban J connectivity index is 2.32. The van der Waals surface area contributed by atoms with Crippen molar-refractivity contribution in [3.63, 3.8) is 0 Å². The number of anilines is 2. The zero-order valence-electron chi connectivity index (χ0n) is 16.4. The Morgan fingerprint density at radius 1 is 1.29 bits per heavy atom. The monoisotopic (exact) mass is 518 g/mol. The summed E-state index contributed by atoms with van der Waals surface area (Å²) < 4.78 is 15.8. The maximum Gasteiger partial charge on any atom is 0.247 e. The smallest absolute Gasteiger partial charge is 0.247 e. The van der Waals surface area contributed by atoms with Crippen molar-refractivity contribution in [2.24, 2.45) is 11.7 Å². The van der Waals surface area contributed by atoms with E-state index in [1.807, 2.05) is 38.9 Å². The van der Waals surface area contributed by atoms with E-state index in [0.29, 0.717) is 22.8 Å². The maximum atomic E-state index is 13.2. The second-order valence-corrected chi connectivity index (χ2v) is 13.0. The molecule has 0 aliphatic rings. The van der Waals surface area contributed by atoms with Crippen LogP contribution in [0.25, 0.3) is 11.3 Å². The minimum atomic E-state index is -3.18. The number of nitrogens with one attached hydrogen (secondary N) is 1. The molecule has 0 unspecified atom stereocenters. The molecule has 0 spiro atoms. The van der Waals surface area contributed by atoms with Gasteiger partial charge in [0, 0.05) is 59.1 Å². The van der Waals surface area contributed by atoms with E-state index in [2.05, 4.69) is 14.7 Å². The average molecular weight is 518 g/mol. The Morgan fingerprint density at radius 3 is 2.57 bits per heavy atom. The average Bonchev–Trinajstić information content (AvgIpc) is 2.60. The van der Waals surface area contributed by atoms with Crippen LogP contribution >= 0.6 is 21.2 Å². The first-order valence-electron chi connectivity index (χ1n) is 8.80. The van der Waals surface area contributed by atoms with E-state index in [1.165, 1.54) is 0 Å². The minimum absolute atomic E-state index is 0.150. The highest BCUT2D eigenvalue weighted by atomic mass is 127. The Hall–Kier alpha value is -1.79. The topological polar surface area (TPSA) is 127 Å². The van der Waals surface area contributed by atoms with Gasteiger partial charge in [0.05, 0.1) is 11.7 Å². The van der Waals surface area contributed by atoms with E-state index in [9.17, 15) is 9.00 Å². The van der Waals surface area contributed by atoms with Crippen molar-refractivity contribution in [3.8, 4) is 11.3 Å². The molecular formula is C18H27IN6O2S. The highest BCUT2D eigenvalue weighted by Crippen LogP contribution is 2.29. The van der Waals surface area contributed by atoms with Gasteiger partial charge in [0.1, 0.15) is 5.82 Å². The van der Waals surface area contributed by atoms with E-state index in [4.69, 9.17) is 11.5 Å². The Bertz CT molecular complexity index is 905. The Kier molecular flexibility index (Phi) is 7.34. The summed E-state index contributed by atoms with van der Waals surface area (Å²) in [4.78, 5) is 23.1. The fraction of sp³-hybridized carbons (Fsp3) is 0.389. The van der Waals surface area contributed by atoms with Gasteiger partial charge in [0.25, 0.3) is 0 Å². The molecule has 0 radical (unpaired) electrons. The van der Waals surface area contributed by atoms with Crippen molar-refractivity contribution < 1.29 is 9.00 Å². The van der Waals surface area contributed by atoms with Gasteiger partial charge in [-0.15, -0.1) is 0 Å². The van der Waals surface area contributed by atoms with Crippen molar-refractivity contribution in [1.82, 2.24) is 14.7 Å². The number of hydrogen-bond donors (Lipinski definition) is 4. The Labute approximate surface area is 178 Å². The number of benzene rings is 1. The quantitative estimate of drug-likeness (QED) is 0.251. The number of hydrogen-bond acceptors (Lipinski definition) is 7. The zero-order valence-corrected chi connectivity index (χ0v) is 19.4. The SMILES string of the molecule is CC(C)C[C@H](N)C(=O)N[SH](=O)(I)c1cccc(-c2cc(N(C)C)nc(N)n2)c1. The van der Waals surface area contributed by atoms with Gasteiger partial charge < -0.3 is 16.4 Å². The van der Waals surface area contributed by atoms with Crippen LogP contribution < -0.4 is 21.1 Å². The molecule has 28 heavy (non-hydrogen) atoms.